The standard InChI is InChI=1S/C17H15NO2/c1-19-16-8-7-14(11-17(16)20-2)13-6-5-12-4-3-9-18-15(12)10-13/h3-11H,1-2H3. The summed E-state index contributed by atoms with van der Waals surface area (Å²) in [5.74, 6) is 1.46. The van der Waals surface area contributed by atoms with Crippen molar-refractivity contribution in [2.24, 2.45) is 0 Å². The SMILES string of the molecule is COc1ccc(-c2ccc3cccnc3c2)cc1OC. The Labute approximate surface area is 117 Å². The van der Waals surface area contributed by atoms with Crippen LogP contribution in [-0.4, -0.2) is 19.2 Å². The van der Waals surface area contributed by atoms with Crippen LogP contribution in [0.4, 0.5) is 0 Å². The van der Waals surface area contributed by atoms with E-state index in [0.717, 1.165) is 33.5 Å². The fraction of sp³-hybridized carbons (Fsp3) is 0.118. The van der Waals surface area contributed by atoms with Crippen molar-refractivity contribution in [3.8, 4) is 22.6 Å². The van der Waals surface area contributed by atoms with Gasteiger partial charge in [0.25, 0.3) is 0 Å². The Bertz CT molecular complexity index is 753. The molecular weight excluding hydrogens is 250 g/mol. The van der Waals surface area contributed by atoms with E-state index in [1.165, 1.54) is 0 Å². The predicted molar refractivity (Wildman–Crippen MR) is 80.3 cm³/mol. The maximum absolute atomic E-state index is 5.35. The molecular formula is C17H15NO2. The summed E-state index contributed by atoms with van der Waals surface area (Å²) in [7, 11) is 3.28. The van der Waals surface area contributed by atoms with Gasteiger partial charge in [0.1, 0.15) is 0 Å². The third-order valence-corrected chi connectivity index (χ3v) is 3.32. The van der Waals surface area contributed by atoms with E-state index in [-0.39, 0.29) is 0 Å². The molecule has 0 atom stereocenters. The minimum atomic E-state index is 0.728. The van der Waals surface area contributed by atoms with Crippen molar-refractivity contribution >= 4 is 10.9 Å². The number of hydrogen-bond acceptors (Lipinski definition) is 3. The molecule has 3 heteroatoms. The molecule has 3 rings (SSSR count). The van der Waals surface area contributed by atoms with Crippen LogP contribution in [0.15, 0.2) is 54.7 Å². The van der Waals surface area contributed by atoms with Crippen LogP contribution in [0, 0.1) is 0 Å². The second-order valence-corrected chi connectivity index (χ2v) is 4.48. The van der Waals surface area contributed by atoms with Crippen molar-refractivity contribution in [1.82, 2.24) is 4.98 Å². The maximum atomic E-state index is 5.35. The van der Waals surface area contributed by atoms with Gasteiger partial charge in [-0.3, -0.25) is 4.98 Å². The highest BCUT2D eigenvalue weighted by atomic mass is 16.5. The first-order chi connectivity index (χ1) is 9.81. The van der Waals surface area contributed by atoms with E-state index in [1.54, 1.807) is 20.4 Å². The molecule has 0 fully saturated rings. The van der Waals surface area contributed by atoms with Gasteiger partial charge in [0.15, 0.2) is 11.5 Å². The lowest BCUT2D eigenvalue weighted by Crippen LogP contribution is -1.91. The van der Waals surface area contributed by atoms with Gasteiger partial charge >= 0.3 is 0 Å². The van der Waals surface area contributed by atoms with Gasteiger partial charge in [0.05, 0.1) is 19.7 Å². The van der Waals surface area contributed by atoms with Gasteiger partial charge in [-0.2, -0.15) is 0 Å². The van der Waals surface area contributed by atoms with Crippen molar-refractivity contribution in [3.05, 3.63) is 54.7 Å². The number of aromatic nitrogens is 1. The van der Waals surface area contributed by atoms with Gasteiger partial charge < -0.3 is 9.47 Å². The molecule has 0 N–H and O–H groups in total. The maximum Gasteiger partial charge on any atom is 0.161 e. The van der Waals surface area contributed by atoms with E-state index in [0.29, 0.717) is 0 Å². The molecule has 0 amide bonds. The molecule has 20 heavy (non-hydrogen) atoms. The van der Waals surface area contributed by atoms with Crippen molar-refractivity contribution in [3.63, 3.8) is 0 Å². The van der Waals surface area contributed by atoms with E-state index in [4.69, 9.17) is 9.47 Å². The Hall–Kier alpha value is -2.55. The quantitative estimate of drug-likeness (QED) is 0.719. The number of nitrogens with zero attached hydrogens (tertiary/aromatic N) is 1. The Balaban J connectivity index is 2.10. The molecule has 0 aliphatic heterocycles. The monoisotopic (exact) mass is 265 g/mol. The molecule has 0 saturated heterocycles. The Kier molecular flexibility index (Phi) is 3.25. The summed E-state index contributed by atoms with van der Waals surface area (Å²) in [5, 5.41) is 1.14. The zero-order valence-corrected chi connectivity index (χ0v) is 11.5. The zero-order valence-electron chi connectivity index (χ0n) is 11.5. The molecule has 3 aromatic rings. The smallest absolute Gasteiger partial charge is 0.161 e. The van der Waals surface area contributed by atoms with Crippen LogP contribution in [-0.2, 0) is 0 Å². The van der Waals surface area contributed by atoms with E-state index in [1.807, 2.05) is 24.3 Å². The predicted octanol–water partition coefficient (Wildman–Crippen LogP) is 3.92. The number of rotatable bonds is 3. The molecule has 0 unspecified atom stereocenters. The summed E-state index contributed by atoms with van der Waals surface area (Å²) < 4.78 is 10.6. The number of hydrogen-bond donors (Lipinski definition) is 0. The van der Waals surface area contributed by atoms with Crippen molar-refractivity contribution < 1.29 is 9.47 Å². The van der Waals surface area contributed by atoms with Crippen LogP contribution in [0.1, 0.15) is 0 Å². The highest BCUT2D eigenvalue weighted by Crippen LogP contribution is 2.33. The minimum Gasteiger partial charge on any atom is -0.493 e. The molecule has 0 bridgehead atoms. The van der Waals surface area contributed by atoms with Crippen LogP contribution in [0.2, 0.25) is 0 Å². The summed E-state index contributed by atoms with van der Waals surface area (Å²) in [4.78, 5) is 4.39. The molecule has 1 aromatic heterocycles. The van der Waals surface area contributed by atoms with Gasteiger partial charge in [-0.1, -0.05) is 24.3 Å². The number of methoxy groups -OCH3 is 2. The van der Waals surface area contributed by atoms with E-state index < -0.39 is 0 Å². The summed E-state index contributed by atoms with van der Waals surface area (Å²) in [6.45, 7) is 0. The van der Waals surface area contributed by atoms with E-state index >= 15 is 0 Å². The third kappa shape index (κ3) is 2.18. The van der Waals surface area contributed by atoms with Crippen LogP contribution >= 0.6 is 0 Å². The lowest BCUT2D eigenvalue weighted by atomic mass is 10.0. The minimum absolute atomic E-state index is 0.728. The lowest BCUT2D eigenvalue weighted by Gasteiger charge is -2.10. The molecule has 0 aliphatic carbocycles. The fourth-order valence-corrected chi connectivity index (χ4v) is 2.26. The average Bonchev–Trinajstić information content (AvgIpc) is 2.53. The zero-order chi connectivity index (χ0) is 13.9. The average molecular weight is 265 g/mol. The number of pyridine rings is 1. The van der Waals surface area contributed by atoms with Crippen LogP contribution in [0.25, 0.3) is 22.0 Å². The molecule has 0 saturated carbocycles. The normalized spacial score (nSPS) is 10.5. The lowest BCUT2D eigenvalue weighted by molar-refractivity contribution is 0.355. The number of benzene rings is 2. The molecule has 0 aliphatic rings. The molecule has 3 nitrogen and oxygen atoms in total. The highest BCUT2D eigenvalue weighted by Gasteiger charge is 2.06. The van der Waals surface area contributed by atoms with Crippen molar-refractivity contribution in [2.75, 3.05) is 14.2 Å². The van der Waals surface area contributed by atoms with Crippen LogP contribution in [0.5, 0.6) is 11.5 Å². The van der Waals surface area contributed by atoms with E-state index in [2.05, 4.69) is 29.2 Å². The number of ether oxygens (including phenoxy) is 2. The Morgan fingerprint density at radius 3 is 2.35 bits per heavy atom. The first-order valence-electron chi connectivity index (χ1n) is 6.39. The van der Waals surface area contributed by atoms with Gasteiger partial charge in [-0.25, -0.2) is 0 Å². The molecule has 0 spiro atoms. The summed E-state index contributed by atoms with van der Waals surface area (Å²) in [5.41, 5.74) is 3.17. The molecule has 0 radical (unpaired) electrons. The summed E-state index contributed by atoms with van der Waals surface area (Å²) in [6, 6.07) is 16.2. The largest absolute Gasteiger partial charge is 0.493 e. The van der Waals surface area contributed by atoms with Gasteiger partial charge in [-0.05, 0) is 35.4 Å². The van der Waals surface area contributed by atoms with Gasteiger partial charge in [0, 0.05) is 11.6 Å². The molecule has 1 heterocycles. The molecule has 100 valence electrons. The van der Waals surface area contributed by atoms with Crippen LogP contribution < -0.4 is 9.47 Å². The topological polar surface area (TPSA) is 31.4 Å². The third-order valence-electron chi connectivity index (χ3n) is 3.32. The number of fused-ring (bicyclic) bond motifs is 1. The fourth-order valence-electron chi connectivity index (χ4n) is 2.26. The Morgan fingerprint density at radius 2 is 1.55 bits per heavy atom. The second kappa shape index (κ2) is 5.21. The molecule has 2 aromatic carbocycles. The summed E-state index contributed by atoms with van der Waals surface area (Å²) >= 11 is 0. The Morgan fingerprint density at radius 1 is 0.800 bits per heavy atom. The first kappa shape index (κ1) is 12.5. The highest BCUT2D eigenvalue weighted by molar-refractivity contribution is 5.84. The van der Waals surface area contributed by atoms with Crippen molar-refractivity contribution in [2.45, 2.75) is 0 Å². The van der Waals surface area contributed by atoms with Gasteiger partial charge in [-0.15, -0.1) is 0 Å². The first-order valence-corrected chi connectivity index (χ1v) is 6.39. The van der Waals surface area contributed by atoms with E-state index in [9.17, 15) is 0 Å². The second-order valence-electron chi connectivity index (χ2n) is 4.48. The van der Waals surface area contributed by atoms with Crippen molar-refractivity contribution in [1.29, 1.82) is 0 Å². The van der Waals surface area contributed by atoms with Crippen LogP contribution in [0.3, 0.4) is 0 Å². The van der Waals surface area contributed by atoms with Gasteiger partial charge in [0.2, 0.25) is 0 Å². The summed E-state index contributed by atoms with van der Waals surface area (Å²) in [6.07, 6.45) is 1.81.